The third kappa shape index (κ3) is 3.44. The van der Waals surface area contributed by atoms with Crippen molar-refractivity contribution >= 4 is 30.0 Å². The van der Waals surface area contributed by atoms with Crippen LogP contribution in [0.4, 0.5) is 5.69 Å². The molecule has 0 aliphatic carbocycles. The van der Waals surface area contributed by atoms with Gasteiger partial charge in [-0.25, -0.2) is 4.79 Å². The number of piperidine rings is 1. The van der Waals surface area contributed by atoms with Crippen molar-refractivity contribution in [1.82, 2.24) is 4.90 Å². The molecular formula is C17H23ClN2O3. The highest BCUT2D eigenvalue weighted by atomic mass is 35.5. The fourth-order valence-electron chi connectivity index (χ4n) is 3.42. The van der Waals surface area contributed by atoms with E-state index in [1.165, 1.54) is 7.11 Å². The van der Waals surface area contributed by atoms with Crippen molar-refractivity contribution in [3.05, 3.63) is 29.3 Å². The number of hydrogen-bond acceptors (Lipinski definition) is 4. The van der Waals surface area contributed by atoms with Crippen LogP contribution < -0.4 is 5.32 Å². The molecule has 1 unspecified atom stereocenters. The fraction of sp³-hybridized carbons (Fsp3) is 0.529. The minimum absolute atomic E-state index is 0. The van der Waals surface area contributed by atoms with Crippen LogP contribution in [0.15, 0.2) is 18.2 Å². The molecule has 1 atom stereocenters. The van der Waals surface area contributed by atoms with Gasteiger partial charge in [0.2, 0.25) is 0 Å². The predicted octanol–water partition coefficient (Wildman–Crippen LogP) is 2.63. The Morgan fingerprint density at radius 3 is 2.87 bits per heavy atom. The Morgan fingerprint density at radius 2 is 2.09 bits per heavy atom. The first-order chi connectivity index (χ1) is 10.7. The Kier molecular flexibility index (Phi) is 5.88. The number of nitrogens with one attached hydrogen (secondary N) is 1. The average Bonchev–Trinajstić information content (AvgIpc) is 2.60. The normalized spacial score (nSPS) is 19.9. The van der Waals surface area contributed by atoms with E-state index in [1.54, 1.807) is 4.90 Å². The summed E-state index contributed by atoms with van der Waals surface area (Å²) < 4.78 is 4.87. The molecule has 2 aliphatic rings. The maximum atomic E-state index is 13.0. The van der Waals surface area contributed by atoms with Gasteiger partial charge >= 0.3 is 5.97 Å². The van der Waals surface area contributed by atoms with Crippen LogP contribution >= 0.6 is 12.4 Å². The highest BCUT2D eigenvalue weighted by Gasteiger charge is 2.34. The minimum atomic E-state index is -0.446. The lowest BCUT2D eigenvalue weighted by Gasteiger charge is -2.34. The Labute approximate surface area is 142 Å². The molecule has 6 heteroatoms. The quantitative estimate of drug-likeness (QED) is 0.842. The molecule has 0 bridgehead atoms. The zero-order valence-corrected chi connectivity index (χ0v) is 14.2. The number of methoxy groups -OCH3 is 1. The number of carbonyl (C=O) groups is 2. The van der Waals surface area contributed by atoms with Crippen LogP contribution in [-0.4, -0.2) is 43.0 Å². The lowest BCUT2D eigenvalue weighted by Crippen LogP contribution is -2.48. The molecule has 0 aromatic heterocycles. The lowest BCUT2D eigenvalue weighted by molar-refractivity contribution is -0.147. The van der Waals surface area contributed by atoms with Gasteiger partial charge in [0.25, 0.3) is 5.91 Å². The molecule has 2 aliphatic heterocycles. The number of carbonyl (C=O) groups excluding carboxylic acids is 2. The maximum absolute atomic E-state index is 13.0. The van der Waals surface area contributed by atoms with E-state index in [4.69, 9.17) is 4.74 Å². The summed E-state index contributed by atoms with van der Waals surface area (Å²) >= 11 is 0. The van der Waals surface area contributed by atoms with E-state index in [2.05, 4.69) is 5.32 Å². The molecule has 126 valence electrons. The van der Waals surface area contributed by atoms with Crippen LogP contribution in [0.1, 0.15) is 41.6 Å². The van der Waals surface area contributed by atoms with Crippen LogP contribution in [0.2, 0.25) is 0 Å². The van der Waals surface area contributed by atoms with Gasteiger partial charge < -0.3 is 15.0 Å². The van der Waals surface area contributed by atoms with Crippen LogP contribution in [0.3, 0.4) is 0 Å². The van der Waals surface area contributed by atoms with Gasteiger partial charge in [-0.1, -0.05) is 6.07 Å². The zero-order valence-electron chi connectivity index (χ0n) is 13.3. The van der Waals surface area contributed by atoms with Crippen LogP contribution in [0, 0.1) is 0 Å². The molecule has 1 amide bonds. The summed E-state index contributed by atoms with van der Waals surface area (Å²) in [6.07, 6.45) is 4.51. The van der Waals surface area contributed by atoms with E-state index in [1.807, 2.05) is 18.2 Å². The number of anilines is 1. The van der Waals surface area contributed by atoms with Gasteiger partial charge in [-0.15, -0.1) is 12.4 Å². The molecule has 0 saturated carbocycles. The Bertz CT molecular complexity index is 591. The summed E-state index contributed by atoms with van der Waals surface area (Å²) in [7, 11) is 1.38. The number of fused-ring (bicyclic) bond motifs is 1. The second kappa shape index (κ2) is 7.68. The van der Waals surface area contributed by atoms with Gasteiger partial charge in [-0.3, -0.25) is 4.79 Å². The second-order valence-electron chi connectivity index (χ2n) is 5.90. The Hall–Kier alpha value is -1.75. The van der Waals surface area contributed by atoms with Crippen molar-refractivity contribution in [2.24, 2.45) is 0 Å². The summed E-state index contributed by atoms with van der Waals surface area (Å²) in [4.78, 5) is 26.7. The first kappa shape index (κ1) is 17.6. The standard InChI is InChI=1S/C17H22N2O3.ClH/c1-22-17(21)15-9-2-3-11-19(15)16(20)13-6-4-8-14-12(13)7-5-10-18-14;/h4,6,8,15,18H,2-3,5,7,9-11H2,1H3;1H. The van der Waals surface area contributed by atoms with E-state index in [0.717, 1.165) is 49.0 Å². The predicted molar refractivity (Wildman–Crippen MR) is 91.2 cm³/mol. The highest BCUT2D eigenvalue weighted by Crippen LogP contribution is 2.28. The number of nitrogens with zero attached hydrogens (tertiary/aromatic N) is 1. The first-order valence-electron chi connectivity index (χ1n) is 7.97. The molecule has 1 saturated heterocycles. The summed E-state index contributed by atoms with van der Waals surface area (Å²) in [5, 5.41) is 3.34. The molecular weight excluding hydrogens is 316 g/mol. The molecule has 1 N–H and O–H groups in total. The minimum Gasteiger partial charge on any atom is -0.467 e. The largest absolute Gasteiger partial charge is 0.467 e. The summed E-state index contributed by atoms with van der Waals surface area (Å²) in [6.45, 7) is 1.56. The van der Waals surface area contributed by atoms with E-state index in [9.17, 15) is 9.59 Å². The number of likely N-dealkylation sites (tertiary alicyclic amines) is 1. The topological polar surface area (TPSA) is 58.6 Å². The molecule has 1 fully saturated rings. The van der Waals surface area contributed by atoms with Crippen molar-refractivity contribution in [1.29, 1.82) is 0 Å². The first-order valence-corrected chi connectivity index (χ1v) is 7.97. The SMILES string of the molecule is COC(=O)C1CCCCN1C(=O)c1cccc2c1CCCN2.Cl. The number of esters is 1. The molecule has 1 aromatic carbocycles. The molecule has 23 heavy (non-hydrogen) atoms. The van der Waals surface area contributed by atoms with Gasteiger partial charge in [0.15, 0.2) is 0 Å². The van der Waals surface area contributed by atoms with E-state index >= 15 is 0 Å². The number of benzene rings is 1. The Balaban J connectivity index is 0.00000192. The second-order valence-corrected chi connectivity index (χ2v) is 5.90. The summed E-state index contributed by atoms with van der Waals surface area (Å²) in [6, 6.07) is 5.34. The maximum Gasteiger partial charge on any atom is 0.328 e. The molecule has 5 nitrogen and oxygen atoms in total. The summed E-state index contributed by atoms with van der Waals surface area (Å²) in [5.41, 5.74) is 2.84. The fourth-order valence-corrected chi connectivity index (χ4v) is 3.42. The zero-order chi connectivity index (χ0) is 15.5. The van der Waals surface area contributed by atoms with Gasteiger partial charge in [-0.2, -0.15) is 0 Å². The monoisotopic (exact) mass is 338 g/mol. The van der Waals surface area contributed by atoms with Crippen molar-refractivity contribution in [3.8, 4) is 0 Å². The van der Waals surface area contributed by atoms with E-state index < -0.39 is 6.04 Å². The third-order valence-corrected chi connectivity index (χ3v) is 4.56. The molecule has 0 radical (unpaired) electrons. The van der Waals surface area contributed by atoms with E-state index in [-0.39, 0.29) is 24.3 Å². The van der Waals surface area contributed by atoms with Crippen molar-refractivity contribution in [3.63, 3.8) is 0 Å². The number of hydrogen-bond donors (Lipinski definition) is 1. The highest BCUT2D eigenvalue weighted by molar-refractivity contribution is 5.99. The van der Waals surface area contributed by atoms with Crippen LogP contribution in [0.25, 0.3) is 0 Å². The number of ether oxygens (including phenoxy) is 1. The van der Waals surface area contributed by atoms with E-state index in [0.29, 0.717) is 13.0 Å². The number of rotatable bonds is 2. The van der Waals surface area contributed by atoms with Gasteiger partial charge in [0.1, 0.15) is 6.04 Å². The van der Waals surface area contributed by atoms with Gasteiger partial charge in [-0.05, 0) is 49.8 Å². The van der Waals surface area contributed by atoms with Crippen molar-refractivity contribution < 1.29 is 14.3 Å². The third-order valence-electron chi connectivity index (χ3n) is 4.56. The van der Waals surface area contributed by atoms with Crippen molar-refractivity contribution in [2.45, 2.75) is 38.1 Å². The van der Waals surface area contributed by atoms with Crippen molar-refractivity contribution in [2.75, 3.05) is 25.5 Å². The van der Waals surface area contributed by atoms with Gasteiger partial charge in [0, 0.05) is 24.3 Å². The van der Waals surface area contributed by atoms with Crippen LogP contribution in [0.5, 0.6) is 0 Å². The molecule has 1 aromatic rings. The molecule has 2 heterocycles. The summed E-state index contributed by atoms with van der Waals surface area (Å²) in [5.74, 6) is -0.355. The average molecular weight is 339 g/mol. The number of amides is 1. The molecule has 0 spiro atoms. The van der Waals surface area contributed by atoms with Gasteiger partial charge in [0.05, 0.1) is 7.11 Å². The smallest absolute Gasteiger partial charge is 0.328 e. The number of halogens is 1. The molecule has 3 rings (SSSR count). The lowest BCUT2D eigenvalue weighted by atomic mass is 9.95. The van der Waals surface area contributed by atoms with Crippen LogP contribution in [-0.2, 0) is 16.0 Å². The Morgan fingerprint density at radius 1 is 1.26 bits per heavy atom.